The third-order valence-corrected chi connectivity index (χ3v) is 3.76. The highest BCUT2D eigenvalue weighted by atomic mass is 16.5. The molecular formula is C16H24N2O3. The Morgan fingerprint density at radius 3 is 2.48 bits per heavy atom. The van der Waals surface area contributed by atoms with Gasteiger partial charge in [-0.2, -0.15) is 0 Å². The fourth-order valence-electron chi connectivity index (χ4n) is 2.05. The minimum absolute atomic E-state index is 0.0379. The third kappa shape index (κ3) is 4.86. The zero-order chi connectivity index (χ0) is 15.9. The maximum absolute atomic E-state index is 12.0. The molecule has 0 fully saturated rings. The van der Waals surface area contributed by atoms with Crippen molar-refractivity contribution in [3.63, 3.8) is 0 Å². The second kappa shape index (κ2) is 7.78. The Hall–Kier alpha value is -1.88. The molecule has 0 spiro atoms. The van der Waals surface area contributed by atoms with Gasteiger partial charge in [0.2, 0.25) is 0 Å². The molecule has 0 heterocycles. The minimum atomic E-state index is -0.373. The number of hydrogen-bond donors (Lipinski definition) is 2. The summed E-state index contributed by atoms with van der Waals surface area (Å²) in [7, 11) is 0. The molecular weight excluding hydrogens is 268 g/mol. The second-order valence-corrected chi connectivity index (χ2v) is 5.11. The summed E-state index contributed by atoms with van der Waals surface area (Å²) in [5, 5.41) is 2.93. The lowest BCUT2D eigenvalue weighted by atomic mass is 9.93. The number of amides is 1. The summed E-state index contributed by atoms with van der Waals surface area (Å²) in [6, 6.07) is 6.79. The van der Waals surface area contributed by atoms with Gasteiger partial charge in [-0.15, -0.1) is 0 Å². The molecule has 0 aliphatic carbocycles. The molecule has 0 atom stereocenters. The molecule has 1 aromatic carbocycles. The zero-order valence-corrected chi connectivity index (χ0v) is 12.9. The summed E-state index contributed by atoms with van der Waals surface area (Å²) < 4.78 is 5.43. The maximum atomic E-state index is 12.0. The number of benzene rings is 1. The Morgan fingerprint density at radius 2 is 1.95 bits per heavy atom. The fraction of sp³-hybridized carbons (Fsp3) is 0.500. The summed E-state index contributed by atoms with van der Waals surface area (Å²) in [5.41, 5.74) is 5.93. The first kappa shape index (κ1) is 17.2. The van der Waals surface area contributed by atoms with Gasteiger partial charge in [0.1, 0.15) is 5.75 Å². The molecule has 5 nitrogen and oxygen atoms in total. The van der Waals surface area contributed by atoms with E-state index in [0.717, 1.165) is 12.8 Å². The Bertz CT molecular complexity index is 488. The van der Waals surface area contributed by atoms with Gasteiger partial charge in [0.15, 0.2) is 12.4 Å². The van der Waals surface area contributed by atoms with Gasteiger partial charge in [0.25, 0.3) is 5.91 Å². The van der Waals surface area contributed by atoms with Crippen LogP contribution in [0.2, 0.25) is 0 Å². The van der Waals surface area contributed by atoms with Crippen molar-refractivity contribution in [2.45, 2.75) is 39.2 Å². The molecule has 3 N–H and O–H groups in total. The molecule has 116 valence electrons. The van der Waals surface area contributed by atoms with Crippen LogP contribution in [0.4, 0.5) is 0 Å². The van der Waals surface area contributed by atoms with Crippen molar-refractivity contribution < 1.29 is 14.3 Å². The summed E-state index contributed by atoms with van der Waals surface area (Å²) in [6.07, 6.45) is 1.54. The quantitative estimate of drug-likeness (QED) is 0.717. The number of nitrogens with one attached hydrogen (secondary N) is 1. The zero-order valence-electron chi connectivity index (χ0n) is 12.9. The van der Waals surface area contributed by atoms with Crippen LogP contribution in [0.5, 0.6) is 5.75 Å². The van der Waals surface area contributed by atoms with Gasteiger partial charge in [-0.05, 0) is 31.9 Å². The first-order valence-corrected chi connectivity index (χ1v) is 7.21. The van der Waals surface area contributed by atoms with E-state index in [1.165, 1.54) is 6.92 Å². The van der Waals surface area contributed by atoms with Gasteiger partial charge in [-0.3, -0.25) is 9.59 Å². The third-order valence-electron chi connectivity index (χ3n) is 3.76. The van der Waals surface area contributed by atoms with Crippen LogP contribution in [0.15, 0.2) is 24.3 Å². The van der Waals surface area contributed by atoms with Gasteiger partial charge >= 0.3 is 0 Å². The van der Waals surface area contributed by atoms with Gasteiger partial charge in [0, 0.05) is 12.1 Å². The van der Waals surface area contributed by atoms with E-state index < -0.39 is 0 Å². The number of nitrogens with two attached hydrogens (primary N) is 1. The minimum Gasteiger partial charge on any atom is -0.484 e. The number of ether oxygens (including phenoxy) is 1. The molecule has 0 saturated heterocycles. The summed E-state index contributed by atoms with van der Waals surface area (Å²) >= 11 is 0. The van der Waals surface area contributed by atoms with E-state index in [9.17, 15) is 9.59 Å². The largest absolute Gasteiger partial charge is 0.484 e. The molecule has 1 aromatic rings. The number of hydrogen-bond acceptors (Lipinski definition) is 4. The lowest BCUT2D eigenvalue weighted by Crippen LogP contribution is -2.54. The van der Waals surface area contributed by atoms with Crippen molar-refractivity contribution in [1.82, 2.24) is 5.32 Å². The van der Waals surface area contributed by atoms with Crippen molar-refractivity contribution in [2.75, 3.05) is 13.2 Å². The highest BCUT2D eigenvalue weighted by molar-refractivity contribution is 5.94. The van der Waals surface area contributed by atoms with E-state index in [2.05, 4.69) is 5.32 Å². The topological polar surface area (TPSA) is 81.4 Å². The van der Waals surface area contributed by atoms with E-state index in [4.69, 9.17) is 10.5 Å². The summed E-state index contributed by atoms with van der Waals surface area (Å²) in [4.78, 5) is 23.3. The van der Waals surface area contributed by atoms with E-state index in [-0.39, 0.29) is 23.8 Å². The number of carbonyl (C=O) groups excluding carboxylic acids is 2. The average molecular weight is 292 g/mol. The molecule has 0 saturated carbocycles. The van der Waals surface area contributed by atoms with Crippen molar-refractivity contribution in [3.05, 3.63) is 29.8 Å². The van der Waals surface area contributed by atoms with Crippen LogP contribution in [0.1, 0.15) is 44.0 Å². The van der Waals surface area contributed by atoms with E-state index >= 15 is 0 Å². The first-order valence-electron chi connectivity index (χ1n) is 7.21. The molecule has 0 aliphatic heterocycles. The Balaban J connectivity index is 2.61. The SMILES string of the molecule is CCC(CC)(CN)NC(=O)COc1cccc(C(C)=O)c1. The Labute approximate surface area is 125 Å². The molecule has 0 unspecified atom stereocenters. The molecule has 1 rings (SSSR count). The standard InChI is InChI=1S/C16H24N2O3/c1-4-16(5-2,11-17)18-15(20)10-21-14-8-6-7-13(9-14)12(3)19/h6-9H,4-5,10-11,17H2,1-3H3,(H,18,20). The number of ketones is 1. The molecule has 1 amide bonds. The van der Waals surface area contributed by atoms with Crippen LogP contribution in [0.3, 0.4) is 0 Å². The van der Waals surface area contributed by atoms with Gasteiger partial charge < -0.3 is 15.8 Å². The lowest BCUT2D eigenvalue weighted by Gasteiger charge is -2.31. The molecule has 0 aromatic heterocycles. The van der Waals surface area contributed by atoms with Crippen LogP contribution in [-0.2, 0) is 4.79 Å². The molecule has 0 aliphatic rings. The second-order valence-electron chi connectivity index (χ2n) is 5.11. The maximum Gasteiger partial charge on any atom is 0.258 e. The summed E-state index contributed by atoms with van der Waals surface area (Å²) in [6.45, 7) is 5.78. The predicted molar refractivity (Wildman–Crippen MR) is 82.5 cm³/mol. The number of carbonyl (C=O) groups is 2. The van der Waals surface area contributed by atoms with Crippen LogP contribution in [-0.4, -0.2) is 30.4 Å². The van der Waals surface area contributed by atoms with Crippen LogP contribution in [0.25, 0.3) is 0 Å². The van der Waals surface area contributed by atoms with E-state index in [1.807, 2.05) is 13.8 Å². The highest BCUT2D eigenvalue weighted by Gasteiger charge is 2.26. The lowest BCUT2D eigenvalue weighted by molar-refractivity contribution is -0.125. The van der Waals surface area contributed by atoms with E-state index in [0.29, 0.717) is 17.9 Å². The van der Waals surface area contributed by atoms with Crippen molar-refractivity contribution >= 4 is 11.7 Å². The highest BCUT2D eigenvalue weighted by Crippen LogP contribution is 2.15. The van der Waals surface area contributed by atoms with Crippen molar-refractivity contribution in [1.29, 1.82) is 0 Å². The van der Waals surface area contributed by atoms with Gasteiger partial charge in [-0.25, -0.2) is 0 Å². The van der Waals surface area contributed by atoms with Gasteiger partial charge in [-0.1, -0.05) is 26.0 Å². The van der Waals surface area contributed by atoms with Crippen LogP contribution >= 0.6 is 0 Å². The molecule has 0 bridgehead atoms. The monoisotopic (exact) mass is 292 g/mol. The Morgan fingerprint density at radius 1 is 1.29 bits per heavy atom. The molecule has 21 heavy (non-hydrogen) atoms. The average Bonchev–Trinajstić information content (AvgIpc) is 2.51. The van der Waals surface area contributed by atoms with Crippen molar-refractivity contribution in [2.24, 2.45) is 5.73 Å². The smallest absolute Gasteiger partial charge is 0.258 e. The number of rotatable bonds is 8. The predicted octanol–water partition coefficient (Wildman–Crippen LogP) is 1.90. The Kier molecular flexibility index (Phi) is 6.37. The first-order chi connectivity index (χ1) is 9.96. The summed E-state index contributed by atoms with van der Waals surface area (Å²) in [5.74, 6) is 0.255. The van der Waals surface area contributed by atoms with Crippen LogP contribution < -0.4 is 15.8 Å². The normalized spacial score (nSPS) is 11.0. The fourth-order valence-corrected chi connectivity index (χ4v) is 2.05. The van der Waals surface area contributed by atoms with Crippen molar-refractivity contribution in [3.8, 4) is 5.75 Å². The number of Topliss-reactive ketones (excluding diaryl/α,β-unsaturated/α-hetero) is 1. The van der Waals surface area contributed by atoms with Gasteiger partial charge in [0.05, 0.1) is 5.54 Å². The van der Waals surface area contributed by atoms with E-state index in [1.54, 1.807) is 24.3 Å². The molecule has 5 heteroatoms. The van der Waals surface area contributed by atoms with Crippen LogP contribution in [0, 0.1) is 0 Å². The molecule has 0 radical (unpaired) electrons.